The maximum absolute atomic E-state index is 13.6. The average molecular weight is 651 g/mol. The Morgan fingerprint density at radius 3 is 2.26 bits per heavy atom. The molecule has 252 valence electrons. The number of nitrogens with zero attached hydrogens (tertiary/aromatic N) is 2. The molecule has 1 aliphatic rings. The number of hydrogen-bond donors (Lipinski definition) is 3. The van der Waals surface area contributed by atoms with Crippen LogP contribution in [0.15, 0.2) is 47.5 Å². The first-order valence-corrected chi connectivity index (χ1v) is 16.7. The van der Waals surface area contributed by atoms with Gasteiger partial charge in [-0.05, 0) is 74.4 Å². The van der Waals surface area contributed by atoms with Gasteiger partial charge in [-0.3, -0.25) is 14.6 Å². The molecule has 2 aromatic rings. The van der Waals surface area contributed by atoms with Gasteiger partial charge in [0.1, 0.15) is 17.5 Å². The van der Waals surface area contributed by atoms with Gasteiger partial charge in [-0.15, -0.1) is 0 Å². The summed E-state index contributed by atoms with van der Waals surface area (Å²) >= 11 is 5.78. The number of hydrogen-bond acceptors (Lipinski definition) is 6. The molecule has 0 heterocycles. The van der Waals surface area contributed by atoms with Crippen LogP contribution in [0.3, 0.4) is 0 Å². The van der Waals surface area contributed by atoms with E-state index in [-0.39, 0.29) is 40.5 Å². The molecule has 1 aliphatic carbocycles. The zero-order valence-corrected chi connectivity index (χ0v) is 30.2. The third kappa shape index (κ3) is 10.3. The van der Waals surface area contributed by atoms with Crippen LogP contribution in [-0.2, 0) is 21.5 Å². The lowest BCUT2D eigenvalue weighted by Gasteiger charge is -2.36. The van der Waals surface area contributed by atoms with Gasteiger partial charge in [0.2, 0.25) is 5.91 Å². The lowest BCUT2D eigenvalue weighted by Crippen LogP contribution is -2.58. The molecule has 0 saturated heterocycles. The standard InChI is InChI=1S/C37H54N4O4S/c1-35(2,3)27-21-26(45-33(44)37(7,8)9)20-25(30(27)42)22-38-28-18-14-15-19-29(28)39-34(46)40-31(36(4,5)6)32(43)41(10)23-24-16-12-11-13-17-24/h11-13,16-17,20-22,28-29,31,42H,14-15,18-19,23H2,1-10H3,(H2,39,40,46)/t28-,29-,31-/m1/s1. The number of benzene rings is 2. The lowest BCUT2D eigenvalue weighted by molar-refractivity contribution is -0.143. The maximum atomic E-state index is 13.6. The quantitative estimate of drug-likeness (QED) is 0.124. The fourth-order valence-electron chi connectivity index (χ4n) is 5.40. The van der Waals surface area contributed by atoms with Gasteiger partial charge in [0.05, 0.1) is 17.5 Å². The van der Waals surface area contributed by atoms with E-state index < -0.39 is 11.5 Å². The highest BCUT2D eigenvalue weighted by Crippen LogP contribution is 2.37. The van der Waals surface area contributed by atoms with Crippen LogP contribution < -0.4 is 15.4 Å². The number of amides is 1. The number of phenols is 1. The van der Waals surface area contributed by atoms with E-state index in [1.807, 2.05) is 78.9 Å². The summed E-state index contributed by atoms with van der Waals surface area (Å²) < 4.78 is 5.73. The number of aromatic hydroxyl groups is 1. The molecule has 0 aliphatic heterocycles. The van der Waals surface area contributed by atoms with Crippen LogP contribution >= 0.6 is 12.2 Å². The summed E-state index contributed by atoms with van der Waals surface area (Å²) in [7, 11) is 1.82. The van der Waals surface area contributed by atoms with Gasteiger partial charge in [-0.2, -0.15) is 0 Å². The van der Waals surface area contributed by atoms with Crippen LogP contribution in [0.4, 0.5) is 0 Å². The first-order valence-electron chi connectivity index (χ1n) is 16.3. The van der Waals surface area contributed by atoms with Crippen molar-refractivity contribution in [3.63, 3.8) is 0 Å². The zero-order valence-electron chi connectivity index (χ0n) is 29.4. The number of likely N-dealkylation sites (N-methyl/N-ethyl adjacent to an activating group) is 1. The number of esters is 1. The minimum absolute atomic E-state index is 0.0316. The summed E-state index contributed by atoms with van der Waals surface area (Å²) in [6.07, 6.45) is 5.46. The number of aliphatic imine (C=N–C) groups is 1. The van der Waals surface area contributed by atoms with Gasteiger partial charge in [0.15, 0.2) is 5.11 Å². The van der Waals surface area contributed by atoms with Gasteiger partial charge in [0.25, 0.3) is 0 Å². The van der Waals surface area contributed by atoms with Crippen molar-refractivity contribution in [1.29, 1.82) is 0 Å². The number of thiocarbonyl (C=S) groups is 1. The van der Waals surface area contributed by atoms with Gasteiger partial charge >= 0.3 is 5.97 Å². The van der Waals surface area contributed by atoms with Gasteiger partial charge in [0, 0.05) is 30.9 Å². The van der Waals surface area contributed by atoms with E-state index in [1.165, 1.54) is 0 Å². The number of carbonyl (C=O) groups is 2. The summed E-state index contributed by atoms with van der Waals surface area (Å²) in [5.41, 5.74) is 0.783. The predicted octanol–water partition coefficient (Wildman–Crippen LogP) is 6.91. The van der Waals surface area contributed by atoms with E-state index in [1.54, 1.807) is 44.0 Å². The smallest absolute Gasteiger partial charge is 0.316 e. The molecule has 1 amide bonds. The maximum Gasteiger partial charge on any atom is 0.316 e. The van der Waals surface area contributed by atoms with E-state index in [0.29, 0.717) is 28.5 Å². The number of carbonyl (C=O) groups excluding carboxylic acids is 2. The summed E-state index contributed by atoms with van der Waals surface area (Å²) in [6, 6.07) is 12.6. The Kier molecular flexibility index (Phi) is 12.0. The lowest BCUT2D eigenvalue weighted by atomic mass is 9.85. The minimum Gasteiger partial charge on any atom is -0.507 e. The van der Waals surface area contributed by atoms with E-state index in [2.05, 4.69) is 10.6 Å². The molecule has 0 spiro atoms. The molecule has 2 aromatic carbocycles. The normalized spacial score (nSPS) is 18.1. The van der Waals surface area contributed by atoms with Crippen molar-refractivity contribution in [3.8, 4) is 11.5 Å². The topological polar surface area (TPSA) is 103 Å². The fourth-order valence-corrected chi connectivity index (χ4v) is 5.67. The summed E-state index contributed by atoms with van der Waals surface area (Å²) in [6.45, 7) is 18.0. The highest BCUT2D eigenvalue weighted by atomic mass is 32.1. The van der Waals surface area contributed by atoms with Crippen LogP contribution in [0.2, 0.25) is 0 Å². The van der Waals surface area contributed by atoms with E-state index in [9.17, 15) is 14.7 Å². The first-order chi connectivity index (χ1) is 21.3. The molecular weight excluding hydrogens is 596 g/mol. The Hall–Kier alpha value is -3.46. The van der Waals surface area contributed by atoms with Crippen molar-refractivity contribution >= 4 is 35.4 Å². The van der Waals surface area contributed by atoms with Crippen LogP contribution in [0.25, 0.3) is 0 Å². The third-order valence-electron chi connectivity index (χ3n) is 8.22. The summed E-state index contributed by atoms with van der Waals surface area (Å²) in [5, 5.41) is 18.4. The molecule has 9 heteroatoms. The van der Waals surface area contributed by atoms with E-state index in [4.69, 9.17) is 21.9 Å². The van der Waals surface area contributed by atoms with Crippen molar-refractivity contribution in [1.82, 2.24) is 15.5 Å². The molecule has 3 N–H and O–H groups in total. The molecule has 1 saturated carbocycles. The van der Waals surface area contributed by atoms with Gasteiger partial charge in [-0.1, -0.05) is 84.7 Å². The largest absolute Gasteiger partial charge is 0.507 e. The third-order valence-corrected chi connectivity index (χ3v) is 8.46. The zero-order chi connectivity index (χ0) is 34.4. The summed E-state index contributed by atoms with van der Waals surface area (Å²) in [5.74, 6) is 0.117. The van der Waals surface area contributed by atoms with Gasteiger partial charge < -0.3 is 25.4 Å². The van der Waals surface area contributed by atoms with Crippen molar-refractivity contribution in [2.45, 2.75) is 118 Å². The Morgan fingerprint density at radius 1 is 1.04 bits per heavy atom. The second-order valence-corrected chi connectivity index (χ2v) is 16.0. The predicted molar refractivity (Wildman–Crippen MR) is 191 cm³/mol. The Bertz CT molecular complexity index is 1400. The number of phenolic OH excluding ortho intramolecular Hbond substituents is 1. The SMILES string of the molecule is CN(Cc1ccccc1)C(=O)[C@@H](NC(=S)N[C@@H]1CCCC[C@H]1N=Cc1cc(OC(=O)C(C)(C)C)cc(C(C)(C)C)c1O)C(C)(C)C. The van der Waals surface area contributed by atoms with Crippen molar-refractivity contribution in [3.05, 3.63) is 59.2 Å². The van der Waals surface area contributed by atoms with Crippen molar-refractivity contribution < 1.29 is 19.4 Å². The molecule has 1 fully saturated rings. The Morgan fingerprint density at radius 2 is 1.67 bits per heavy atom. The molecule has 0 unspecified atom stereocenters. The van der Waals surface area contributed by atoms with Crippen molar-refractivity contribution in [2.75, 3.05) is 7.05 Å². The Balaban J connectivity index is 1.79. The second kappa shape index (κ2) is 15.0. The molecule has 46 heavy (non-hydrogen) atoms. The molecule has 0 radical (unpaired) electrons. The molecule has 3 rings (SSSR count). The van der Waals surface area contributed by atoms with Crippen LogP contribution in [0, 0.1) is 10.8 Å². The molecule has 8 nitrogen and oxygen atoms in total. The molecular formula is C37H54N4O4S. The number of nitrogens with one attached hydrogen (secondary N) is 2. The highest BCUT2D eigenvalue weighted by Gasteiger charge is 2.35. The Labute approximate surface area is 281 Å². The van der Waals surface area contributed by atoms with Crippen LogP contribution in [-0.4, -0.2) is 58.4 Å². The minimum atomic E-state index is -0.671. The summed E-state index contributed by atoms with van der Waals surface area (Å²) in [4.78, 5) is 33.0. The first kappa shape index (κ1) is 37.0. The highest BCUT2D eigenvalue weighted by molar-refractivity contribution is 7.80. The molecule has 0 bridgehead atoms. The van der Waals surface area contributed by atoms with E-state index in [0.717, 1.165) is 31.2 Å². The van der Waals surface area contributed by atoms with Crippen LogP contribution in [0.1, 0.15) is 105 Å². The average Bonchev–Trinajstić information content (AvgIpc) is 2.95. The number of ether oxygens (including phenoxy) is 1. The fraction of sp³-hybridized carbons (Fsp3) is 0.568. The van der Waals surface area contributed by atoms with Crippen molar-refractivity contribution in [2.24, 2.45) is 15.8 Å². The second-order valence-electron chi connectivity index (χ2n) is 15.6. The van der Waals surface area contributed by atoms with Crippen LogP contribution in [0.5, 0.6) is 11.5 Å². The molecule has 3 atom stereocenters. The molecule has 0 aromatic heterocycles. The van der Waals surface area contributed by atoms with Gasteiger partial charge in [-0.25, -0.2) is 0 Å². The van der Waals surface area contributed by atoms with E-state index >= 15 is 0 Å². The monoisotopic (exact) mass is 650 g/mol. The number of rotatable bonds is 8.